The molecule has 1 heterocycles. The molecule has 0 atom stereocenters. The van der Waals surface area contributed by atoms with Gasteiger partial charge in [0.2, 0.25) is 5.88 Å². The number of aliphatic hydroxyl groups is 1. The molecule has 0 spiro atoms. The van der Waals surface area contributed by atoms with E-state index in [0.717, 1.165) is 0 Å². The highest BCUT2D eigenvalue weighted by atomic mass is 35.5. The quantitative estimate of drug-likeness (QED) is 0.864. The SMILES string of the molecule is OCc1c(OC(F)(F)F)ncc(C(F)F)c1Cl. The van der Waals surface area contributed by atoms with E-state index in [2.05, 4.69) is 9.72 Å². The summed E-state index contributed by atoms with van der Waals surface area (Å²) < 4.78 is 63.9. The fourth-order valence-electron chi connectivity index (χ4n) is 1.02. The van der Waals surface area contributed by atoms with Gasteiger partial charge in [0, 0.05) is 6.20 Å². The largest absolute Gasteiger partial charge is 0.574 e. The number of aromatic nitrogens is 1. The van der Waals surface area contributed by atoms with Crippen LogP contribution < -0.4 is 4.74 Å². The summed E-state index contributed by atoms with van der Waals surface area (Å²) >= 11 is 5.41. The number of pyridine rings is 1. The van der Waals surface area contributed by atoms with Gasteiger partial charge in [0.15, 0.2) is 0 Å². The van der Waals surface area contributed by atoms with Crippen molar-refractivity contribution in [1.29, 1.82) is 0 Å². The van der Waals surface area contributed by atoms with E-state index < -0.39 is 41.4 Å². The summed E-state index contributed by atoms with van der Waals surface area (Å²) in [6.45, 7) is -1.00. The molecule has 0 bridgehead atoms. The smallest absolute Gasteiger partial charge is 0.391 e. The molecule has 1 aromatic rings. The second kappa shape index (κ2) is 5.01. The van der Waals surface area contributed by atoms with Gasteiger partial charge in [0.05, 0.1) is 22.8 Å². The molecule has 0 fully saturated rings. The Balaban J connectivity index is 3.21. The average Bonchev–Trinajstić information content (AvgIpc) is 2.15. The van der Waals surface area contributed by atoms with Crippen LogP contribution in [0.4, 0.5) is 22.0 Å². The zero-order valence-electron chi connectivity index (χ0n) is 7.93. The van der Waals surface area contributed by atoms with Crippen LogP contribution in [-0.2, 0) is 6.61 Å². The zero-order chi connectivity index (χ0) is 13.2. The highest BCUT2D eigenvalue weighted by Gasteiger charge is 2.34. The van der Waals surface area contributed by atoms with Gasteiger partial charge in [-0.1, -0.05) is 11.6 Å². The second-order valence-electron chi connectivity index (χ2n) is 2.82. The monoisotopic (exact) mass is 277 g/mol. The first-order valence-electron chi connectivity index (χ1n) is 4.08. The van der Waals surface area contributed by atoms with E-state index in [4.69, 9.17) is 16.7 Å². The minimum Gasteiger partial charge on any atom is -0.391 e. The summed E-state index contributed by atoms with van der Waals surface area (Å²) in [6, 6.07) is 0. The van der Waals surface area contributed by atoms with Gasteiger partial charge in [-0.2, -0.15) is 0 Å². The molecule has 1 rings (SSSR count). The molecule has 96 valence electrons. The van der Waals surface area contributed by atoms with Crippen LogP contribution in [0.2, 0.25) is 5.02 Å². The lowest BCUT2D eigenvalue weighted by Gasteiger charge is -2.13. The fraction of sp³-hybridized carbons (Fsp3) is 0.375. The van der Waals surface area contributed by atoms with E-state index in [9.17, 15) is 22.0 Å². The molecule has 0 aromatic carbocycles. The molecule has 0 amide bonds. The molecule has 0 saturated carbocycles. The third kappa shape index (κ3) is 3.40. The van der Waals surface area contributed by atoms with Crippen molar-refractivity contribution in [3.63, 3.8) is 0 Å². The van der Waals surface area contributed by atoms with Crippen molar-refractivity contribution in [2.24, 2.45) is 0 Å². The molecular weight excluding hydrogens is 273 g/mol. The molecular formula is C8H5ClF5NO2. The summed E-state index contributed by atoms with van der Waals surface area (Å²) in [4.78, 5) is 3.05. The number of aliphatic hydroxyl groups excluding tert-OH is 1. The van der Waals surface area contributed by atoms with Crippen molar-refractivity contribution in [2.75, 3.05) is 0 Å². The predicted octanol–water partition coefficient (Wildman–Crippen LogP) is 3.06. The lowest BCUT2D eigenvalue weighted by molar-refractivity contribution is -0.276. The van der Waals surface area contributed by atoms with Crippen molar-refractivity contribution in [3.8, 4) is 5.88 Å². The molecule has 3 nitrogen and oxygen atoms in total. The van der Waals surface area contributed by atoms with Crippen LogP contribution in [0.5, 0.6) is 5.88 Å². The van der Waals surface area contributed by atoms with Gasteiger partial charge in [0.1, 0.15) is 0 Å². The van der Waals surface area contributed by atoms with Crippen molar-refractivity contribution in [1.82, 2.24) is 4.98 Å². The molecule has 0 aliphatic heterocycles. The summed E-state index contributed by atoms with van der Waals surface area (Å²) in [5, 5.41) is 8.09. The minimum atomic E-state index is -5.05. The Kier molecular flexibility index (Phi) is 4.10. The van der Waals surface area contributed by atoms with Crippen molar-refractivity contribution >= 4 is 11.6 Å². The Bertz CT molecular complexity index is 410. The topological polar surface area (TPSA) is 42.4 Å². The summed E-state index contributed by atoms with van der Waals surface area (Å²) in [7, 11) is 0. The number of alkyl halides is 5. The summed E-state index contributed by atoms with van der Waals surface area (Å²) in [5.41, 5.74) is -1.41. The first-order valence-corrected chi connectivity index (χ1v) is 4.46. The number of rotatable bonds is 3. The van der Waals surface area contributed by atoms with Gasteiger partial charge in [-0.15, -0.1) is 13.2 Å². The molecule has 1 N–H and O–H groups in total. The van der Waals surface area contributed by atoms with Gasteiger partial charge >= 0.3 is 6.36 Å². The van der Waals surface area contributed by atoms with Crippen LogP contribution in [0.25, 0.3) is 0 Å². The van der Waals surface area contributed by atoms with Crippen LogP contribution in [0.15, 0.2) is 6.20 Å². The minimum absolute atomic E-state index is 0.466. The van der Waals surface area contributed by atoms with Crippen LogP contribution in [-0.4, -0.2) is 16.5 Å². The first-order chi connectivity index (χ1) is 7.76. The predicted molar refractivity (Wildman–Crippen MR) is 46.8 cm³/mol. The third-order valence-corrected chi connectivity index (χ3v) is 2.15. The Hall–Kier alpha value is -1.15. The highest BCUT2D eigenvalue weighted by molar-refractivity contribution is 6.32. The molecule has 1 aromatic heterocycles. The number of ether oxygens (including phenoxy) is 1. The van der Waals surface area contributed by atoms with Gasteiger partial charge in [-0.05, 0) is 0 Å². The Labute approximate surface area is 96.8 Å². The third-order valence-electron chi connectivity index (χ3n) is 1.70. The normalized spacial score (nSPS) is 12.0. The maximum absolute atomic E-state index is 12.3. The average molecular weight is 278 g/mol. The fourth-order valence-corrected chi connectivity index (χ4v) is 1.29. The van der Waals surface area contributed by atoms with Gasteiger partial charge < -0.3 is 9.84 Å². The van der Waals surface area contributed by atoms with Gasteiger partial charge in [-0.3, -0.25) is 0 Å². The van der Waals surface area contributed by atoms with E-state index in [1.807, 2.05) is 0 Å². The number of nitrogens with zero attached hydrogens (tertiary/aromatic N) is 1. The molecule has 0 saturated heterocycles. The zero-order valence-corrected chi connectivity index (χ0v) is 8.69. The van der Waals surface area contributed by atoms with E-state index in [1.54, 1.807) is 0 Å². The molecule has 9 heteroatoms. The maximum atomic E-state index is 12.3. The van der Waals surface area contributed by atoms with Crippen LogP contribution in [0.1, 0.15) is 17.6 Å². The molecule has 0 unspecified atom stereocenters. The number of hydrogen-bond donors (Lipinski definition) is 1. The number of halogens is 6. The van der Waals surface area contributed by atoms with Gasteiger partial charge in [0.25, 0.3) is 6.43 Å². The summed E-state index contributed by atoms with van der Waals surface area (Å²) in [5.74, 6) is -1.05. The first kappa shape index (κ1) is 13.9. The van der Waals surface area contributed by atoms with Crippen LogP contribution in [0, 0.1) is 0 Å². The lowest BCUT2D eigenvalue weighted by Crippen LogP contribution is -2.19. The standard InChI is InChI=1S/C8H5ClF5NO2/c9-5-3(6(10)11)1-15-7(4(5)2-16)17-8(12,13)14/h1,6,16H,2H2. The highest BCUT2D eigenvalue weighted by Crippen LogP contribution is 2.35. The van der Waals surface area contributed by atoms with E-state index in [0.29, 0.717) is 6.20 Å². The van der Waals surface area contributed by atoms with Crippen molar-refractivity contribution < 1.29 is 31.8 Å². The van der Waals surface area contributed by atoms with Crippen molar-refractivity contribution in [3.05, 3.63) is 22.3 Å². The van der Waals surface area contributed by atoms with Crippen molar-refractivity contribution in [2.45, 2.75) is 19.4 Å². The lowest BCUT2D eigenvalue weighted by atomic mass is 10.2. The van der Waals surface area contributed by atoms with E-state index in [1.165, 1.54) is 0 Å². The molecule has 0 aliphatic carbocycles. The molecule has 0 aliphatic rings. The maximum Gasteiger partial charge on any atom is 0.574 e. The Morgan fingerprint density at radius 2 is 2.00 bits per heavy atom. The Morgan fingerprint density at radius 3 is 2.41 bits per heavy atom. The summed E-state index contributed by atoms with van der Waals surface area (Å²) in [6.07, 6.45) is -7.60. The van der Waals surface area contributed by atoms with Gasteiger partial charge in [-0.25, -0.2) is 13.8 Å². The molecule has 0 radical (unpaired) electrons. The van der Waals surface area contributed by atoms with E-state index in [-0.39, 0.29) is 0 Å². The Morgan fingerprint density at radius 1 is 1.41 bits per heavy atom. The molecule has 17 heavy (non-hydrogen) atoms. The van der Waals surface area contributed by atoms with E-state index >= 15 is 0 Å². The van der Waals surface area contributed by atoms with Crippen LogP contribution in [0.3, 0.4) is 0 Å². The second-order valence-corrected chi connectivity index (χ2v) is 3.20. The van der Waals surface area contributed by atoms with Crippen LogP contribution >= 0.6 is 11.6 Å². The number of hydrogen-bond acceptors (Lipinski definition) is 3.